The van der Waals surface area contributed by atoms with Crippen LogP contribution in [0.3, 0.4) is 0 Å². The lowest BCUT2D eigenvalue weighted by molar-refractivity contribution is -0.122. The molecule has 144 valence electrons. The molecular weight excluding hydrogens is 343 g/mol. The van der Waals surface area contributed by atoms with Gasteiger partial charge in [-0.1, -0.05) is 29.8 Å². The number of likely N-dealkylation sites (tertiary alicyclic amines) is 1. The number of anilines is 1. The molecule has 1 fully saturated rings. The minimum atomic E-state index is -0.206. The van der Waals surface area contributed by atoms with Crippen LogP contribution in [-0.2, 0) is 16.1 Å². The normalized spacial score (nSPS) is 15.7. The molecule has 0 unspecified atom stereocenters. The van der Waals surface area contributed by atoms with Gasteiger partial charge in [-0.2, -0.15) is 0 Å². The Labute approximate surface area is 160 Å². The molecule has 0 aromatic heterocycles. The van der Waals surface area contributed by atoms with Gasteiger partial charge in [0.05, 0.1) is 0 Å². The van der Waals surface area contributed by atoms with Crippen LogP contribution in [0.4, 0.5) is 10.1 Å². The monoisotopic (exact) mass is 370 g/mol. The van der Waals surface area contributed by atoms with Crippen LogP contribution in [0.1, 0.15) is 24.0 Å². The van der Waals surface area contributed by atoms with E-state index in [9.17, 15) is 9.18 Å². The molecule has 27 heavy (non-hydrogen) atoms. The van der Waals surface area contributed by atoms with E-state index in [1.54, 1.807) is 7.11 Å². The maximum atomic E-state index is 13.1. The zero-order valence-electron chi connectivity index (χ0n) is 16.0. The SMILES string of the molecule is COCC(=O)N(c1ccc(C)cc1)C1CCN(Cc2ccc(F)cc2)CC1. The number of halogens is 1. The maximum Gasteiger partial charge on any atom is 0.253 e. The number of rotatable bonds is 6. The van der Waals surface area contributed by atoms with Crippen molar-refractivity contribution in [2.45, 2.75) is 32.4 Å². The van der Waals surface area contributed by atoms with E-state index in [2.05, 4.69) is 4.90 Å². The van der Waals surface area contributed by atoms with Gasteiger partial charge in [-0.3, -0.25) is 9.69 Å². The topological polar surface area (TPSA) is 32.8 Å². The number of carbonyl (C=O) groups excluding carboxylic acids is 1. The summed E-state index contributed by atoms with van der Waals surface area (Å²) in [6, 6.07) is 14.9. The van der Waals surface area contributed by atoms with E-state index in [-0.39, 0.29) is 24.4 Å². The number of nitrogens with zero attached hydrogens (tertiary/aromatic N) is 2. The van der Waals surface area contributed by atoms with Crippen LogP contribution in [0.25, 0.3) is 0 Å². The van der Waals surface area contributed by atoms with Crippen molar-refractivity contribution in [2.24, 2.45) is 0 Å². The van der Waals surface area contributed by atoms with Crippen LogP contribution in [-0.4, -0.2) is 43.7 Å². The molecule has 0 N–H and O–H groups in total. The van der Waals surface area contributed by atoms with E-state index < -0.39 is 0 Å². The highest BCUT2D eigenvalue weighted by atomic mass is 19.1. The van der Waals surface area contributed by atoms with Gasteiger partial charge < -0.3 is 9.64 Å². The van der Waals surface area contributed by atoms with Crippen molar-refractivity contribution in [3.8, 4) is 0 Å². The van der Waals surface area contributed by atoms with Gasteiger partial charge in [0.15, 0.2) is 0 Å². The first-order chi connectivity index (χ1) is 13.1. The van der Waals surface area contributed by atoms with Gasteiger partial charge in [0, 0.05) is 38.5 Å². The van der Waals surface area contributed by atoms with Crippen LogP contribution >= 0.6 is 0 Å². The largest absolute Gasteiger partial charge is 0.375 e. The van der Waals surface area contributed by atoms with Crippen LogP contribution in [0, 0.1) is 12.7 Å². The molecule has 0 spiro atoms. The molecule has 0 saturated carbocycles. The average molecular weight is 370 g/mol. The van der Waals surface area contributed by atoms with E-state index in [0.29, 0.717) is 0 Å². The summed E-state index contributed by atoms with van der Waals surface area (Å²) in [6.07, 6.45) is 1.81. The number of hydrogen-bond donors (Lipinski definition) is 0. The molecule has 4 nitrogen and oxygen atoms in total. The molecule has 3 rings (SSSR count). The smallest absolute Gasteiger partial charge is 0.253 e. The highest BCUT2D eigenvalue weighted by molar-refractivity contribution is 5.94. The van der Waals surface area contributed by atoms with Crippen molar-refractivity contribution in [3.63, 3.8) is 0 Å². The van der Waals surface area contributed by atoms with Crippen molar-refractivity contribution >= 4 is 11.6 Å². The first-order valence-electron chi connectivity index (χ1n) is 9.41. The number of amides is 1. The molecule has 0 aliphatic carbocycles. The molecule has 1 aliphatic rings. The molecule has 1 aliphatic heterocycles. The Morgan fingerprint density at radius 3 is 2.33 bits per heavy atom. The van der Waals surface area contributed by atoms with Crippen molar-refractivity contribution in [2.75, 3.05) is 31.7 Å². The standard InChI is InChI=1S/C22H27FN2O2/c1-17-3-9-20(10-4-17)25(22(26)16-27-2)21-11-13-24(14-12-21)15-18-5-7-19(23)8-6-18/h3-10,21H,11-16H2,1-2H3. The number of piperidine rings is 1. The first kappa shape index (κ1) is 19.5. The summed E-state index contributed by atoms with van der Waals surface area (Å²) in [6.45, 7) is 4.75. The summed E-state index contributed by atoms with van der Waals surface area (Å²) < 4.78 is 18.2. The third-order valence-electron chi connectivity index (χ3n) is 5.09. The average Bonchev–Trinajstić information content (AvgIpc) is 2.67. The number of carbonyl (C=O) groups is 1. The number of hydrogen-bond acceptors (Lipinski definition) is 3. The quantitative estimate of drug-likeness (QED) is 0.776. The molecule has 0 radical (unpaired) electrons. The fourth-order valence-corrected chi connectivity index (χ4v) is 3.64. The summed E-state index contributed by atoms with van der Waals surface area (Å²) in [4.78, 5) is 16.9. The molecular formula is C22H27FN2O2. The number of benzene rings is 2. The van der Waals surface area contributed by atoms with Crippen LogP contribution in [0.15, 0.2) is 48.5 Å². The molecule has 0 atom stereocenters. The van der Waals surface area contributed by atoms with E-state index in [0.717, 1.165) is 43.7 Å². The van der Waals surface area contributed by atoms with Crippen molar-refractivity contribution in [3.05, 3.63) is 65.5 Å². The molecule has 0 bridgehead atoms. The van der Waals surface area contributed by atoms with E-state index in [4.69, 9.17) is 4.74 Å². The molecule has 2 aromatic carbocycles. The Hall–Kier alpha value is -2.24. The highest BCUT2D eigenvalue weighted by Crippen LogP contribution is 2.25. The predicted octanol–water partition coefficient (Wildman–Crippen LogP) is 3.78. The minimum Gasteiger partial charge on any atom is -0.375 e. The Morgan fingerprint density at radius 2 is 1.74 bits per heavy atom. The molecule has 1 amide bonds. The van der Waals surface area contributed by atoms with Crippen molar-refractivity contribution < 1.29 is 13.9 Å². The van der Waals surface area contributed by atoms with Gasteiger partial charge in [-0.05, 0) is 49.6 Å². The van der Waals surface area contributed by atoms with Gasteiger partial charge in [0.2, 0.25) is 0 Å². The summed E-state index contributed by atoms with van der Waals surface area (Å²) >= 11 is 0. The Morgan fingerprint density at radius 1 is 1.11 bits per heavy atom. The van der Waals surface area contributed by atoms with Gasteiger partial charge >= 0.3 is 0 Å². The van der Waals surface area contributed by atoms with Gasteiger partial charge in [-0.15, -0.1) is 0 Å². The summed E-state index contributed by atoms with van der Waals surface area (Å²) in [7, 11) is 1.55. The fourth-order valence-electron chi connectivity index (χ4n) is 3.64. The van der Waals surface area contributed by atoms with E-state index in [1.807, 2.05) is 48.2 Å². The first-order valence-corrected chi connectivity index (χ1v) is 9.41. The zero-order chi connectivity index (χ0) is 19.2. The molecule has 1 heterocycles. The third kappa shape index (κ3) is 5.15. The van der Waals surface area contributed by atoms with Crippen molar-refractivity contribution in [1.29, 1.82) is 0 Å². The van der Waals surface area contributed by atoms with Gasteiger partial charge in [0.1, 0.15) is 12.4 Å². The lowest BCUT2D eigenvalue weighted by Gasteiger charge is -2.38. The second-order valence-electron chi connectivity index (χ2n) is 7.17. The molecule has 2 aromatic rings. The number of methoxy groups -OCH3 is 1. The fraction of sp³-hybridized carbons (Fsp3) is 0.409. The Balaban J connectivity index is 1.65. The van der Waals surface area contributed by atoms with E-state index in [1.165, 1.54) is 17.7 Å². The van der Waals surface area contributed by atoms with Crippen LogP contribution < -0.4 is 4.90 Å². The second-order valence-corrected chi connectivity index (χ2v) is 7.17. The molecule has 1 saturated heterocycles. The predicted molar refractivity (Wildman–Crippen MR) is 105 cm³/mol. The van der Waals surface area contributed by atoms with Crippen molar-refractivity contribution in [1.82, 2.24) is 4.90 Å². The van der Waals surface area contributed by atoms with Crippen LogP contribution in [0.5, 0.6) is 0 Å². The van der Waals surface area contributed by atoms with Gasteiger partial charge in [0.25, 0.3) is 5.91 Å². The Bertz CT molecular complexity index is 738. The maximum absolute atomic E-state index is 13.1. The number of ether oxygens (including phenoxy) is 1. The third-order valence-corrected chi connectivity index (χ3v) is 5.09. The van der Waals surface area contributed by atoms with Gasteiger partial charge in [-0.25, -0.2) is 4.39 Å². The highest BCUT2D eigenvalue weighted by Gasteiger charge is 2.29. The Kier molecular flexibility index (Phi) is 6.58. The summed E-state index contributed by atoms with van der Waals surface area (Å²) in [5, 5.41) is 0. The lowest BCUT2D eigenvalue weighted by Crippen LogP contribution is -2.48. The second kappa shape index (κ2) is 9.11. The zero-order valence-corrected chi connectivity index (χ0v) is 16.0. The lowest BCUT2D eigenvalue weighted by atomic mass is 10.0. The molecule has 5 heteroatoms. The van der Waals surface area contributed by atoms with E-state index >= 15 is 0 Å². The summed E-state index contributed by atoms with van der Waals surface area (Å²) in [5.41, 5.74) is 3.22. The summed E-state index contributed by atoms with van der Waals surface area (Å²) in [5.74, 6) is -0.207. The van der Waals surface area contributed by atoms with Crippen LogP contribution in [0.2, 0.25) is 0 Å². The number of aryl methyl sites for hydroxylation is 1. The minimum absolute atomic E-state index is 0.00154.